The maximum Gasteiger partial charge on any atom is 0.312 e. The predicted octanol–water partition coefficient (Wildman–Crippen LogP) is 0.237. The molecule has 156 valence electrons. The molecule has 9 nitrogen and oxygen atoms in total. The monoisotopic (exact) mass is 411 g/mol. The van der Waals surface area contributed by atoms with Crippen LogP contribution in [0.15, 0.2) is 12.4 Å². The predicted molar refractivity (Wildman–Crippen MR) is 104 cm³/mol. The zero-order chi connectivity index (χ0) is 20.5. The molecule has 2 saturated heterocycles. The van der Waals surface area contributed by atoms with Gasteiger partial charge >= 0.3 is 11.8 Å². The number of aryl methyl sites for hydroxylation is 1. The van der Waals surface area contributed by atoms with Crippen LogP contribution < -0.4 is 0 Å². The van der Waals surface area contributed by atoms with Crippen molar-refractivity contribution < 1.29 is 18.0 Å². The Hall–Kier alpha value is -1.94. The third kappa shape index (κ3) is 4.22. The van der Waals surface area contributed by atoms with Crippen LogP contribution in [0, 0.1) is 6.92 Å². The number of sulfonamides is 1. The highest BCUT2D eigenvalue weighted by Crippen LogP contribution is 2.22. The first-order valence-electron chi connectivity index (χ1n) is 9.78. The SMILES string of the molecule is Cc1cnn(C2CCN(C(=O)C(=O)N3CCN(S(=O)(=O)C(C)C)CC3)CC2)c1. The highest BCUT2D eigenvalue weighted by atomic mass is 32.2. The molecule has 0 spiro atoms. The molecule has 0 aliphatic carbocycles. The van der Waals surface area contributed by atoms with Crippen molar-refractivity contribution in [3.8, 4) is 0 Å². The molecule has 28 heavy (non-hydrogen) atoms. The number of aromatic nitrogens is 2. The van der Waals surface area contributed by atoms with Crippen LogP contribution in [-0.2, 0) is 19.6 Å². The van der Waals surface area contributed by atoms with Gasteiger partial charge in [0.25, 0.3) is 0 Å². The molecule has 2 fully saturated rings. The number of carbonyl (C=O) groups excluding carboxylic acids is 2. The molecule has 1 aromatic rings. The first kappa shape index (κ1) is 20.8. The van der Waals surface area contributed by atoms with E-state index >= 15 is 0 Å². The van der Waals surface area contributed by atoms with Crippen molar-refractivity contribution in [3.05, 3.63) is 18.0 Å². The molecule has 10 heteroatoms. The highest BCUT2D eigenvalue weighted by Gasteiger charge is 2.35. The van der Waals surface area contributed by atoms with Crippen LogP contribution in [0.3, 0.4) is 0 Å². The Morgan fingerprint density at radius 1 is 1.00 bits per heavy atom. The number of nitrogens with zero attached hydrogens (tertiary/aromatic N) is 5. The number of carbonyl (C=O) groups is 2. The van der Waals surface area contributed by atoms with Gasteiger partial charge in [-0.15, -0.1) is 0 Å². The largest absolute Gasteiger partial charge is 0.334 e. The molecule has 1 aromatic heterocycles. The fourth-order valence-electron chi connectivity index (χ4n) is 3.68. The summed E-state index contributed by atoms with van der Waals surface area (Å²) in [4.78, 5) is 28.3. The second-order valence-electron chi connectivity index (χ2n) is 7.81. The first-order chi connectivity index (χ1) is 13.2. The minimum Gasteiger partial charge on any atom is -0.334 e. The lowest BCUT2D eigenvalue weighted by molar-refractivity contribution is -0.153. The molecule has 2 aliphatic rings. The number of hydrogen-bond acceptors (Lipinski definition) is 5. The van der Waals surface area contributed by atoms with E-state index in [4.69, 9.17) is 0 Å². The van der Waals surface area contributed by atoms with E-state index in [0.717, 1.165) is 18.4 Å². The maximum absolute atomic E-state index is 12.6. The molecule has 0 bridgehead atoms. The smallest absolute Gasteiger partial charge is 0.312 e. The number of rotatable bonds is 3. The van der Waals surface area contributed by atoms with E-state index in [2.05, 4.69) is 5.10 Å². The van der Waals surface area contributed by atoms with Gasteiger partial charge in [0.05, 0.1) is 17.5 Å². The number of likely N-dealkylation sites (tertiary alicyclic amines) is 1. The summed E-state index contributed by atoms with van der Waals surface area (Å²) in [5.74, 6) is -1.02. The summed E-state index contributed by atoms with van der Waals surface area (Å²) in [6.07, 6.45) is 5.35. The van der Waals surface area contributed by atoms with Crippen LogP contribution in [0.4, 0.5) is 0 Å². The van der Waals surface area contributed by atoms with Crippen molar-refractivity contribution in [1.82, 2.24) is 23.9 Å². The van der Waals surface area contributed by atoms with Crippen LogP contribution in [-0.4, -0.2) is 88.6 Å². The molecule has 2 amide bonds. The van der Waals surface area contributed by atoms with Crippen molar-refractivity contribution in [2.24, 2.45) is 0 Å². The van der Waals surface area contributed by atoms with Crippen LogP contribution in [0.1, 0.15) is 38.3 Å². The Kier molecular flexibility index (Phi) is 6.09. The molecule has 0 saturated carbocycles. The van der Waals surface area contributed by atoms with Crippen LogP contribution >= 0.6 is 0 Å². The Labute approximate surface area is 166 Å². The fraction of sp³-hybridized carbons (Fsp3) is 0.722. The lowest BCUT2D eigenvalue weighted by Crippen LogP contribution is -2.55. The summed E-state index contributed by atoms with van der Waals surface area (Å²) in [7, 11) is -3.33. The zero-order valence-electron chi connectivity index (χ0n) is 16.7. The van der Waals surface area contributed by atoms with Gasteiger partial charge in [-0.2, -0.15) is 9.40 Å². The number of amides is 2. The molecule has 0 N–H and O–H groups in total. The van der Waals surface area contributed by atoms with Gasteiger partial charge in [0, 0.05) is 45.5 Å². The lowest BCUT2D eigenvalue weighted by Gasteiger charge is -2.36. The minimum atomic E-state index is -3.33. The van der Waals surface area contributed by atoms with Gasteiger partial charge in [-0.05, 0) is 39.2 Å². The number of hydrogen-bond donors (Lipinski definition) is 0. The Morgan fingerprint density at radius 3 is 2.00 bits per heavy atom. The van der Waals surface area contributed by atoms with Gasteiger partial charge in [-0.1, -0.05) is 0 Å². The van der Waals surface area contributed by atoms with Crippen LogP contribution in [0.5, 0.6) is 0 Å². The fourth-order valence-corrected chi connectivity index (χ4v) is 4.95. The van der Waals surface area contributed by atoms with Crippen LogP contribution in [0.25, 0.3) is 0 Å². The van der Waals surface area contributed by atoms with Gasteiger partial charge in [0.2, 0.25) is 10.0 Å². The van der Waals surface area contributed by atoms with Gasteiger partial charge in [0.15, 0.2) is 0 Å². The van der Waals surface area contributed by atoms with Gasteiger partial charge in [-0.25, -0.2) is 8.42 Å². The van der Waals surface area contributed by atoms with Crippen molar-refractivity contribution in [3.63, 3.8) is 0 Å². The molecule has 0 atom stereocenters. The highest BCUT2D eigenvalue weighted by molar-refractivity contribution is 7.89. The summed E-state index contributed by atoms with van der Waals surface area (Å²) in [6.45, 7) is 7.30. The molecule has 3 heterocycles. The van der Waals surface area contributed by atoms with E-state index in [0.29, 0.717) is 13.1 Å². The summed E-state index contributed by atoms with van der Waals surface area (Å²) < 4.78 is 27.8. The topological polar surface area (TPSA) is 95.8 Å². The normalized spacial score (nSPS) is 20.0. The van der Waals surface area contributed by atoms with E-state index < -0.39 is 27.1 Å². The molecule has 3 rings (SSSR count). The minimum absolute atomic E-state index is 0.236. The Morgan fingerprint density at radius 2 is 1.54 bits per heavy atom. The number of piperidine rings is 1. The van der Waals surface area contributed by atoms with Crippen LogP contribution in [0.2, 0.25) is 0 Å². The standard InChI is InChI=1S/C18H29N5O4S/c1-14(2)28(26,27)22-10-8-21(9-11-22)18(25)17(24)20-6-4-16(5-7-20)23-13-15(3)12-19-23/h12-14,16H,4-11H2,1-3H3. The molecular weight excluding hydrogens is 382 g/mol. The second kappa shape index (κ2) is 8.20. The number of piperazine rings is 1. The summed E-state index contributed by atoms with van der Waals surface area (Å²) in [5.41, 5.74) is 1.10. The molecule has 0 radical (unpaired) electrons. The van der Waals surface area contributed by atoms with Crippen molar-refractivity contribution in [2.75, 3.05) is 39.3 Å². The van der Waals surface area contributed by atoms with Gasteiger partial charge in [0.1, 0.15) is 0 Å². The third-order valence-corrected chi connectivity index (χ3v) is 7.80. The Bertz CT molecular complexity index is 819. The quantitative estimate of drug-likeness (QED) is 0.664. The molecule has 2 aliphatic heterocycles. The second-order valence-corrected chi connectivity index (χ2v) is 10.3. The van der Waals surface area contributed by atoms with E-state index in [1.807, 2.05) is 24.0 Å². The molecule has 0 unspecified atom stereocenters. The zero-order valence-corrected chi connectivity index (χ0v) is 17.6. The summed E-state index contributed by atoms with van der Waals surface area (Å²) in [5, 5.41) is 3.85. The van der Waals surface area contributed by atoms with E-state index in [1.165, 1.54) is 9.21 Å². The van der Waals surface area contributed by atoms with Gasteiger partial charge in [-0.3, -0.25) is 14.3 Å². The Balaban J connectivity index is 1.51. The summed E-state index contributed by atoms with van der Waals surface area (Å²) in [6, 6.07) is 0.248. The molecular formula is C18H29N5O4S. The van der Waals surface area contributed by atoms with Crippen molar-refractivity contribution in [2.45, 2.75) is 44.9 Å². The van der Waals surface area contributed by atoms with Crippen molar-refractivity contribution in [1.29, 1.82) is 0 Å². The van der Waals surface area contributed by atoms with Gasteiger partial charge < -0.3 is 9.80 Å². The molecule has 0 aromatic carbocycles. The average molecular weight is 412 g/mol. The first-order valence-corrected chi connectivity index (χ1v) is 11.3. The third-order valence-electron chi connectivity index (χ3n) is 5.52. The summed E-state index contributed by atoms with van der Waals surface area (Å²) >= 11 is 0. The van der Waals surface area contributed by atoms with E-state index in [1.54, 1.807) is 18.7 Å². The van der Waals surface area contributed by atoms with E-state index in [-0.39, 0.29) is 32.2 Å². The maximum atomic E-state index is 12.6. The lowest BCUT2D eigenvalue weighted by atomic mass is 10.1. The van der Waals surface area contributed by atoms with E-state index in [9.17, 15) is 18.0 Å². The van der Waals surface area contributed by atoms with Crippen molar-refractivity contribution >= 4 is 21.8 Å². The average Bonchev–Trinajstić information content (AvgIpc) is 3.13.